The summed E-state index contributed by atoms with van der Waals surface area (Å²) in [5, 5.41) is 12.2. The Morgan fingerprint density at radius 3 is 3.04 bits per heavy atom. The van der Waals surface area contributed by atoms with E-state index >= 15 is 0 Å². The molecule has 0 radical (unpaired) electrons. The number of nitrogens with zero attached hydrogens (tertiary/aromatic N) is 3. The third-order valence-electron chi connectivity index (χ3n) is 3.96. The van der Waals surface area contributed by atoms with Gasteiger partial charge in [0, 0.05) is 37.3 Å². The molecule has 124 valence electrons. The Balaban J connectivity index is 1.68. The third-order valence-corrected chi connectivity index (χ3v) is 3.96. The molecule has 2 heterocycles. The summed E-state index contributed by atoms with van der Waals surface area (Å²) < 4.78 is 19.5. The van der Waals surface area contributed by atoms with E-state index in [0.29, 0.717) is 23.0 Å². The third kappa shape index (κ3) is 3.81. The fourth-order valence-electron chi connectivity index (χ4n) is 2.69. The number of rotatable bonds is 4. The first-order valence-electron chi connectivity index (χ1n) is 7.92. The van der Waals surface area contributed by atoms with E-state index in [4.69, 9.17) is 10.00 Å². The van der Waals surface area contributed by atoms with Crippen molar-refractivity contribution in [2.45, 2.75) is 19.6 Å². The number of hydrogen-bond acceptors (Lipinski definition) is 5. The Bertz CT molecular complexity index is 759. The van der Waals surface area contributed by atoms with E-state index in [9.17, 15) is 4.39 Å². The van der Waals surface area contributed by atoms with Crippen LogP contribution in [0.1, 0.15) is 18.1 Å². The normalized spacial score (nSPS) is 17.4. The summed E-state index contributed by atoms with van der Waals surface area (Å²) in [6, 6.07) is 12.3. The molecule has 1 N–H and O–H groups in total. The van der Waals surface area contributed by atoms with Crippen LogP contribution in [0.2, 0.25) is 0 Å². The first kappa shape index (κ1) is 16.2. The van der Waals surface area contributed by atoms with E-state index in [1.54, 1.807) is 18.2 Å². The molecule has 3 rings (SSSR count). The summed E-state index contributed by atoms with van der Waals surface area (Å²) in [6.07, 6.45) is 0. The van der Waals surface area contributed by atoms with Crippen LogP contribution < -0.4 is 15.0 Å². The van der Waals surface area contributed by atoms with Crippen LogP contribution in [0.3, 0.4) is 0 Å². The molecule has 0 saturated carbocycles. The van der Waals surface area contributed by atoms with Crippen LogP contribution in [0.25, 0.3) is 0 Å². The highest BCUT2D eigenvalue weighted by Gasteiger charge is 2.17. The van der Waals surface area contributed by atoms with Gasteiger partial charge in [0.25, 0.3) is 0 Å². The number of ether oxygens (including phenoxy) is 1. The Hall–Kier alpha value is -2.65. The Kier molecular flexibility index (Phi) is 4.92. The number of hydrogen-bond donors (Lipinski definition) is 1. The lowest BCUT2D eigenvalue weighted by molar-refractivity contribution is 0.288. The van der Waals surface area contributed by atoms with Crippen molar-refractivity contribution in [2.24, 2.45) is 0 Å². The summed E-state index contributed by atoms with van der Waals surface area (Å²) in [5.74, 6) is 0.879. The van der Waals surface area contributed by atoms with Gasteiger partial charge in [-0.15, -0.1) is 0 Å². The summed E-state index contributed by atoms with van der Waals surface area (Å²) in [7, 11) is 0. The van der Waals surface area contributed by atoms with Crippen molar-refractivity contribution in [3.05, 3.63) is 53.3 Å². The van der Waals surface area contributed by atoms with Gasteiger partial charge in [0.05, 0.1) is 11.6 Å². The van der Waals surface area contributed by atoms with Gasteiger partial charge in [0.2, 0.25) is 5.88 Å². The molecule has 2 aromatic rings. The summed E-state index contributed by atoms with van der Waals surface area (Å²) in [4.78, 5) is 6.72. The molecule has 1 fully saturated rings. The molecule has 0 bridgehead atoms. The number of piperazine rings is 1. The molecule has 1 aliphatic heterocycles. The number of anilines is 1. The largest absolute Gasteiger partial charge is 0.473 e. The zero-order valence-corrected chi connectivity index (χ0v) is 13.5. The number of nitrogens with one attached hydrogen (secondary N) is 1. The maximum atomic E-state index is 13.9. The highest BCUT2D eigenvalue weighted by atomic mass is 19.1. The molecule has 1 saturated heterocycles. The summed E-state index contributed by atoms with van der Waals surface area (Å²) >= 11 is 0. The predicted molar refractivity (Wildman–Crippen MR) is 89.4 cm³/mol. The topological polar surface area (TPSA) is 61.2 Å². The van der Waals surface area contributed by atoms with E-state index in [2.05, 4.69) is 22.1 Å². The summed E-state index contributed by atoms with van der Waals surface area (Å²) in [6.45, 7) is 4.92. The van der Waals surface area contributed by atoms with E-state index in [-0.39, 0.29) is 6.61 Å². The molecule has 6 heteroatoms. The molecule has 24 heavy (non-hydrogen) atoms. The van der Waals surface area contributed by atoms with Gasteiger partial charge in [-0.2, -0.15) is 10.2 Å². The van der Waals surface area contributed by atoms with E-state index < -0.39 is 5.82 Å². The molecule has 1 atom stereocenters. The Labute approximate surface area is 140 Å². The molecule has 1 aromatic heterocycles. The molecule has 1 aromatic carbocycles. The van der Waals surface area contributed by atoms with Crippen LogP contribution in [0.15, 0.2) is 36.4 Å². The van der Waals surface area contributed by atoms with Crippen LogP contribution in [-0.2, 0) is 6.61 Å². The fraction of sp³-hybridized carbons (Fsp3) is 0.333. The Morgan fingerprint density at radius 2 is 2.29 bits per heavy atom. The van der Waals surface area contributed by atoms with Crippen molar-refractivity contribution < 1.29 is 9.13 Å². The average Bonchev–Trinajstić information content (AvgIpc) is 2.61. The molecule has 0 amide bonds. The molecule has 5 nitrogen and oxygen atoms in total. The minimum Gasteiger partial charge on any atom is -0.473 e. The number of nitriles is 1. The minimum atomic E-state index is -0.443. The maximum Gasteiger partial charge on any atom is 0.215 e. The van der Waals surface area contributed by atoms with Crippen molar-refractivity contribution in [1.29, 1.82) is 5.26 Å². The average molecular weight is 326 g/mol. The van der Waals surface area contributed by atoms with Gasteiger partial charge in [0.15, 0.2) is 0 Å². The van der Waals surface area contributed by atoms with Crippen LogP contribution in [0.5, 0.6) is 5.88 Å². The van der Waals surface area contributed by atoms with Crippen LogP contribution >= 0.6 is 0 Å². The number of aromatic nitrogens is 1. The van der Waals surface area contributed by atoms with Crippen molar-refractivity contribution in [3.8, 4) is 11.9 Å². The predicted octanol–water partition coefficient (Wildman–Crippen LogP) is 2.47. The second-order valence-electron chi connectivity index (χ2n) is 5.84. The quantitative estimate of drug-likeness (QED) is 0.935. The smallest absolute Gasteiger partial charge is 0.215 e. The molecule has 0 spiro atoms. The molecule has 0 aliphatic carbocycles. The molecule has 1 aliphatic rings. The van der Waals surface area contributed by atoms with Gasteiger partial charge in [-0.1, -0.05) is 12.1 Å². The van der Waals surface area contributed by atoms with Gasteiger partial charge in [-0.25, -0.2) is 4.39 Å². The number of pyridine rings is 1. The molecular weight excluding hydrogens is 307 g/mol. The van der Waals surface area contributed by atoms with Crippen molar-refractivity contribution in [2.75, 3.05) is 24.5 Å². The fourth-order valence-corrected chi connectivity index (χ4v) is 2.69. The highest BCUT2D eigenvalue weighted by molar-refractivity contribution is 5.41. The van der Waals surface area contributed by atoms with E-state index in [0.717, 1.165) is 25.5 Å². The van der Waals surface area contributed by atoms with Gasteiger partial charge in [0.1, 0.15) is 18.2 Å². The van der Waals surface area contributed by atoms with Gasteiger partial charge >= 0.3 is 0 Å². The Morgan fingerprint density at radius 1 is 1.42 bits per heavy atom. The first-order chi connectivity index (χ1) is 11.7. The summed E-state index contributed by atoms with van der Waals surface area (Å²) in [5.41, 5.74) is 0.696. The van der Waals surface area contributed by atoms with E-state index in [1.807, 2.05) is 18.2 Å². The first-order valence-corrected chi connectivity index (χ1v) is 7.92. The van der Waals surface area contributed by atoms with Crippen LogP contribution in [0, 0.1) is 17.1 Å². The van der Waals surface area contributed by atoms with Crippen LogP contribution in [-0.4, -0.2) is 30.7 Å². The van der Waals surface area contributed by atoms with E-state index in [1.165, 1.54) is 6.07 Å². The van der Waals surface area contributed by atoms with Crippen LogP contribution in [0.4, 0.5) is 10.2 Å². The standard InChI is InChI=1S/C18H19FN4O/c1-13-11-23(8-7-21-13)17-3-2-4-18(22-17)24-12-15-6-5-14(10-20)9-16(15)19/h2-6,9,13,21H,7-8,11-12H2,1H3/t13-/m0/s1. The lowest BCUT2D eigenvalue weighted by Gasteiger charge is -2.32. The lowest BCUT2D eigenvalue weighted by atomic mass is 10.1. The highest BCUT2D eigenvalue weighted by Crippen LogP contribution is 2.19. The molecule has 0 unspecified atom stereocenters. The SMILES string of the molecule is C[C@H]1CN(c2cccc(OCc3ccc(C#N)cc3F)n2)CCN1. The zero-order valence-electron chi connectivity index (χ0n) is 13.5. The van der Waals surface area contributed by atoms with Gasteiger partial charge < -0.3 is 15.0 Å². The number of benzene rings is 1. The van der Waals surface area contributed by atoms with Gasteiger partial charge in [-0.3, -0.25) is 0 Å². The van der Waals surface area contributed by atoms with Gasteiger partial charge in [-0.05, 0) is 25.1 Å². The van der Waals surface area contributed by atoms with Crippen molar-refractivity contribution >= 4 is 5.82 Å². The minimum absolute atomic E-state index is 0.0754. The second-order valence-corrected chi connectivity index (χ2v) is 5.84. The maximum absolute atomic E-state index is 13.9. The number of halogens is 1. The second kappa shape index (κ2) is 7.28. The lowest BCUT2D eigenvalue weighted by Crippen LogP contribution is -2.49. The molecular formula is C18H19FN4O. The van der Waals surface area contributed by atoms with Crippen molar-refractivity contribution in [3.63, 3.8) is 0 Å². The van der Waals surface area contributed by atoms with Crippen molar-refractivity contribution in [1.82, 2.24) is 10.3 Å². The zero-order chi connectivity index (χ0) is 16.9. The monoisotopic (exact) mass is 326 g/mol.